The first-order valence-corrected chi connectivity index (χ1v) is 6.11. The molecule has 2 aromatic rings. The molecule has 96 valence electrons. The van der Waals surface area contributed by atoms with Crippen LogP contribution in [0.25, 0.3) is 0 Å². The van der Waals surface area contributed by atoms with E-state index in [4.69, 9.17) is 0 Å². The Hall–Kier alpha value is -1.68. The maximum absolute atomic E-state index is 14.0. The smallest absolute Gasteiger partial charge is 0.128 e. The van der Waals surface area contributed by atoms with E-state index in [1.165, 1.54) is 0 Å². The quantitative estimate of drug-likeness (QED) is 0.900. The number of aryl methyl sites for hydroxylation is 2. The molecule has 0 spiro atoms. The standard InChI is InChI=1S/C14H18FN3/c1-4-18-9-11(8-17-18)14(16-3)12-6-5-10(2)7-13(12)15/h5-9,14,16H,4H2,1-3H3. The van der Waals surface area contributed by atoms with Gasteiger partial charge in [-0.1, -0.05) is 12.1 Å². The molecular formula is C14H18FN3. The molecule has 0 amide bonds. The molecule has 0 bridgehead atoms. The fourth-order valence-electron chi connectivity index (χ4n) is 2.07. The average Bonchev–Trinajstić information content (AvgIpc) is 2.81. The van der Waals surface area contributed by atoms with Crippen LogP contribution < -0.4 is 5.32 Å². The topological polar surface area (TPSA) is 29.9 Å². The minimum atomic E-state index is -0.182. The second-order valence-electron chi connectivity index (χ2n) is 4.38. The van der Waals surface area contributed by atoms with Gasteiger partial charge in [-0.15, -0.1) is 0 Å². The van der Waals surface area contributed by atoms with E-state index in [-0.39, 0.29) is 11.9 Å². The van der Waals surface area contributed by atoms with E-state index >= 15 is 0 Å². The highest BCUT2D eigenvalue weighted by atomic mass is 19.1. The highest BCUT2D eigenvalue weighted by Gasteiger charge is 2.17. The van der Waals surface area contributed by atoms with Crippen molar-refractivity contribution in [2.75, 3.05) is 7.05 Å². The van der Waals surface area contributed by atoms with Crippen LogP contribution in [0.5, 0.6) is 0 Å². The first-order chi connectivity index (χ1) is 8.65. The summed E-state index contributed by atoms with van der Waals surface area (Å²) in [7, 11) is 1.83. The van der Waals surface area contributed by atoms with Crippen LogP contribution in [0.1, 0.15) is 29.7 Å². The Balaban J connectivity index is 2.38. The molecule has 2 rings (SSSR count). The Labute approximate surface area is 107 Å². The third-order valence-corrected chi connectivity index (χ3v) is 3.07. The van der Waals surface area contributed by atoms with Crippen molar-refractivity contribution in [2.45, 2.75) is 26.4 Å². The largest absolute Gasteiger partial charge is 0.309 e. The van der Waals surface area contributed by atoms with Crippen LogP contribution in [0.4, 0.5) is 4.39 Å². The number of hydrogen-bond acceptors (Lipinski definition) is 2. The van der Waals surface area contributed by atoms with E-state index in [1.54, 1.807) is 12.3 Å². The Morgan fingerprint density at radius 1 is 1.44 bits per heavy atom. The summed E-state index contributed by atoms with van der Waals surface area (Å²) < 4.78 is 15.8. The van der Waals surface area contributed by atoms with Crippen molar-refractivity contribution in [3.8, 4) is 0 Å². The molecule has 0 aliphatic rings. The number of halogens is 1. The Morgan fingerprint density at radius 3 is 2.78 bits per heavy atom. The van der Waals surface area contributed by atoms with Crippen LogP contribution in [-0.2, 0) is 6.54 Å². The molecule has 1 unspecified atom stereocenters. The Bertz CT molecular complexity index is 534. The lowest BCUT2D eigenvalue weighted by Crippen LogP contribution is -2.18. The Morgan fingerprint density at radius 2 is 2.22 bits per heavy atom. The molecule has 4 heteroatoms. The zero-order chi connectivity index (χ0) is 13.1. The van der Waals surface area contributed by atoms with Gasteiger partial charge in [0.2, 0.25) is 0 Å². The highest BCUT2D eigenvalue weighted by molar-refractivity contribution is 5.32. The second kappa shape index (κ2) is 5.31. The van der Waals surface area contributed by atoms with Gasteiger partial charge in [0.1, 0.15) is 5.82 Å². The summed E-state index contributed by atoms with van der Waals surface area (Å²) in [4.78, 5) is 0. The molecular weight excluding hydrogens is 229 g/mol. The summed E-state index contributed by atoms with van der Waals surface area (Å²) in [6.45, 7) is 4.72. The molecule has 0 saturated heterocycles. The number of hydrogen-bond donors (Lipinski definition) is 1. The summed E-state index contributed by atoms with van der Waals surface area (Å²) in [5, 5.41) is 7.37. The molecule has 0 aliphatic carbocycles. The minimum absolute atomic E-state index is 0.161. The maximum atomic E-state index is 14.0. The van der Waals surface area contributed by atoms with Crippen molar-refractivity contribution in [3.05, 3.63) is 53.1 Å². The molecule has 0 saturated carbocycles. The molecule has 1 atom stereocenters. The second-order valence-corrected chi connectivity index (χ2v) is 4.38. The molecule has 1 N–H and O–H groups in total. The molecule has 0 aliphatic heterocycles. The third-order valence-electron chi connectivity index (χ3n) is 3.07. The third kappa shape index (κ3) is 2.43. The summed E-state index contributed by atoms with van der Waals surface area (Å²) in [6, 6.07) is 5.15. The summed E-state index contributed by atoms with van der Waals surface area (Å²) in [6.07, 6.45) is 3.73. The van der Waals surface area contributed by atoms with Gasteiger partial charge >= 0.3 is 0 Å². The summed E-state index contributed by atoms with van der Waals surface area (Å²) in [5.74, 6) is -0.182. The lowest BCUT2D eigenvalue weighted by atomic mass is 10.00. The van der Waals surface area contributed by atoms with E-state index in [0.29, 0.717) is 5.56 Å². The fraction of sp³-hybridized carbons (Fsp3) is 0.357. The maximum Gasteiger partial charge on any atom is 0.128 e. The molecule has 3 nitrogen and oxygen atoms in total. The summed E-state index contributed by atoms with van der Waals surface area (Å²) >= 11 is 0. The van der Waals surface area contributed by atoms with Crippen molar-refractivity contribution in [3.63, 3.8) is 0 Å². The van der Waals surface area contributed by atoms with Crippen LogP contribution >= 0.6 is 0 Å². The highest BCUT2D eigenvalue weighted by Crippen LogP contribution is 2.24. The molecule has 1 heterocycles. The lowest BCUT2D eigenvalue weighted by Gasteiger charge is -2.16. The first kappa shape index (κ1) is 12.8. The van der Waals surface area contributed by atoms with Gasteiger partial charge in [0.05, 0.1) is 12.2 Å². The van der Waals surface area contributed by atoms with E-state index in [9.17, 15) is 4.39 Å². The normalized spacial score (nSPS) is 12.7. The van der Waals surface area contributed by atoms with Gasteiger partial charge in [0, 0.05) is 23.9 Å². The summed E-state index contributed by atoms with van der Waals surface area (Å²) in [5.41, 5.74) is 2.55. The van der Waals surface area contributed by atoms with Crippen LogP contribution in [0.2, 0.25) is 0 Å². The molecule has 1 aromatic heterocycles. The number of aromatic nitrogens is 2. The van der Waals surface area contributed by atoms with Gasteiger partial charge in [-0.25, -0.2) is 4.39 Å². The van der Waals surface area contributed by atoms with Gasteiger partial charge in [-0.3, -0.25) is 4.68 Å². The average molecular weight is 247 g/mol. The number of nitrogens with zero attached hydrogens (tertiary/aromatic N) is 2. The van der Waals surface area contributed by atoms with Crippen LogP contribution in [0.15, 0.2) is 30.6 Å². The predicted octanol–water partition coefficient (Wildman–Crippen LogP) is 2.66. The van der Waals surface area contributed by atoms with E-state index in [0.717, 1.165) is 17.7 Å². The van der Waals surface area contributed by atoms with Crippen LogP contribution in [-0.4, -0.2) is 16.8 Å². The molecule has 0 fully saturated rings. The van der Waals surface area contributed by atoms with Crippen molar-refractivity contribution >= 4 is 0 Å². The fourth-order valence-corrected chi connectivity index (χ4v) is 2.07. The number of nitrogens with one attached hydrogen (secondary N) is 1. The number of rotatable bonds is 4. The van der Waals surface area contributed by atoms with Crippen molar-refractivity contribution in [2.24, 2.45) is 0 Å². The number of benzene rings is 1. The lowest BCUT2D eigenvalue weighted by molar-refractivity contribution is 0.574. The van der Waals surface area contributed by atoms with Gasteiger partial charge in [-0.2, -0.15) is 5.10 Å². The molecule has 1 aromatic carbocycles. The van der Waals surface area contributed by atoms with Gasteiger partial charge in [0.25, 0.3) is 0 Å². The van der Waals surface area contributed by atoms with E-state index < -0.39 is 0 Å². The minimum Gasteiger partial charge on any atom is -0.309 e. The monoisotopic (exact) mass is 247 g/mol. The van der Waals surface area contributed by atoms with Crippen molar-refractivity contribution in [1.29, 1.82) is 0 Å². The van der Waals surface area contributed by atoms with Crippen molar-refractivity contribution in [1.82, 2.24) is 15.1 Å². The van der Waals surface area contributed by atoms with Crippen LogP contribution in [0.3, 0.4) is 0 Å². The first-order valence-electron chi connectivity index (χ1n) is 6.11. The SMILES string of the molecule is CCn1cc(C(NC)c2ccc(C)cc2F)cn1. The Kier molecular flexibility index (Phi) is 3.77. The van der Waals surface area contributed by atoms with E-state index in [1.807, 2.05) is 43.9 Å². The molecule has 0 radical (unpaired) electrons. The van der Waals surface area contributed by atoms with E-state index in [2.05, 4.69) is 10.4 Å². The zero-order valence-electron chi connectivity index (χ0n) is 10.9. The van der Waals surface area contributed by atoms with Gasteiger partial charge < -0.3 is 5.32 Å². The molecule has 18 heavy (non-hydrogen) atoms. The van der Waals surface area contributed by atoms with Gasteiger partial charge in [-0.05, 0) is 32.5 Å². The zero-order valence-corrected chi connectivity index (χ0v) is 10.9. The van der Waals surface area contributed by atoms with Crippen LogP contribution in [0, 0.1) is 12.7 Å². The van der Waals surface area contributed by atoms with Gasteiger partial charge in [0.15, 0.2) is 0 Å². The van der Waals surface area contributed by atoms with Crippen molar-refractivity contribution < 1.29 is 4.39 Å². The predicted molar refractivity (Wildman–Crippen MR) is 69.9 cm³/mol.